The number of esters is 4. The molecule has 0 radical (unpaired) electrons. The number of phosphoric acid groups is 2. The number of carbonyl (C=O) groups is 4. The Hall–Kier alpha value is -1.94. The molecular weight excluding hydrogens is 1190 g/mol. The zero-order chi connectivity index (χ0) is 66.5. The van der Waals surface area contributed by atoms with Crippen molar-refractivity contribution in [3.63, 3.8) is 0 Å². The second-order valence-electron chi connectivity index (χ2n) is 26.6. The summed E-state index contributed by atoms with van der Waals surface area (Å²) in [4.78, 5) is 72.5. The monoisotopic (exact) mass is 1320 g/mol. The molecule has 2 unspecified atom stereocenters. The van der Waals surface area contributed by atoms with Crippen molar-refractivity contribution in [1.82, 2.24) is 0 Å². The van der Waals surface area contributed by atoms with Gasteiger partial charge in [-0.2, -0.15) is 0 Å². The smallest absolute Gasteiger partial charge is 0.462 e. The van der Waals surface area contributed by atoms with Crippen LogP contribution < -0.4 is 0 Å². The summed E-state index contributed by atoms with van der Waals surface area (Å²) in [6.07, 6.45) is 48.7. The number of rotatable bonds is 70. The maximum atomic E-state index is 13.0. The SMILES string of the molecule is CCCCCCCCCCCCCCCCCCC(=O)O[C@H](COC(=O)CCCCCCCCCCCCCCCC)COP(=O)(O)OC[C@@H](O)COP(=O)(O)OC[C@@H](COC(=O)CCCCCCCCC(C)C)OC(=O)CCCCCCCCCCC(C)C. The van der Waals surface area contributed by atoms with Gasteiger partial charge in [-0.3, -0.25) is 37.3 Å². The summed E-state index contributed by atoms with van der Waals surface area (Å²) >= 11 is 0. The normalized spacial score (nSPS) is 14.1. The zero-order valence-corrected chi connectivity index (χ0v) is 60.2. The first kappa shape index (κ1) is 88.1. The molecule has 0 bridgehead atoms. The predicted octanol–water partition coefficient (Wildman–Crippen LogP) is 20.4. The van der Waals surface area contributed by atoms with Crippen LogP contribution in [0.5, 0.6) is 0 Å². The summed E-state index contributed by atoms with van der Waals surface area (Å²) in [5, 5.41) is 10.6. The van der Waals surface area contributed by atoms with Gasteiger partial charge in [-0.25, -0.2) is 9.13 Å². The van der Waals surface area contributed by atoms with E-state index in [9.17, 15) is 43.2 Å². The molecule has 0 aromatic rings. The maximum Gasteiger partial charge on any atom is 0.472 e. The Morgan fingerprint density at radius 1 is 0.300 bits per heavy atom. The Kier molecular flexibility index (Phi) is 61.8. The molecule has 0 saturated carbocycles. The van der Waals surface area contributed by atoms with Gasteiger partial charge in [-0.15, -0.1) is 0 Å². The van der Waals surface area contributed by atoms with E-state index in [1.165, 1.54) is 173 Å². The molecule has 19 heteroatoms. The van der Waals surface area contributed by atoms with Crippen molar-refractivity contribution >= 4 is 39.5 Å². The minimum atomic E-state index is -4.95. The van der Waals surface area contributed by atoms with Gasteiger partial charge >= 0.3 is 39.5 Å². The summed E-state index contributed by atoms with van der Waals surface area (Å²) in [7, 11) is -9.90. The van der Waals surface area contributed by atoms with Crippen molar-refractivity contribution in [3.8, 4) is 0 Å². The fraction of sp³-hybridized carbons (Fsp3) is 0.944. The molecular formula is C71H138O17P2. The fourth-order valence-electron chi connectivity index (χ4n) is 10.8. The molecule has 0 amide bonds. The third-order valence-corrected chi connectivity index (χ3v) is 18.4. The van der Waals surface area contributed by atoms with Gasteiger partial charge in [-0.05, 0) is 37.5 Å². The molecule has 0 aromatic carbocycles. The van der Waals surface area contributed by atoms with Gasteiger partial charge < -0.3 is 33.8 Å². The van der Waals surface area contributed by atoms with E-state index in [1.54, 1.807) is 0 Å². The van der Waals surface area contributed by atoms with E-state index in [2.05, 4.69) is 41.5 Å². The lowest BCUT2D eigenvalue weighted by Gasteiger charge is -2.21. The van der Waals surface area contributed by atoms with Crippen molar-refractivity contribution in [2.24, 2.45) is 11.8 Å². The highest BCUT2D eigenvalue weighted by atomic mass is 31.2. The highest BCUT2D eigenvalue weighted by molar-refractivity contribution is 7.47. The minimum absolute atomic E-state index is 0.104. The Morgan fingerprint density at radius 3 is 0.756 bits per heavy atom. The van der Waals surface area contributed by atoms with Gasteiger partial charge in [0, 0.05) is 25.7 Å². The van der Waals surface area contributed by atoms with E-state index < -0.39 is 97.5 Å². The highest BCUT2D eigenvalue weighted by Gasteiger charge is 2.30. The third-order valence-electron chi connectivity index (χ3n) is 16.5. The summed E-state index contributed by atoms with van der Waals surface area (Å²) in [5.74, 6) is -0.727. The van der Waals surface area contributed by atoms with Gasteiger partial charge in [0.2, 0.25) is 0 Å². The molecule has 5 atom stereocenters. The van der Waals surface area contributed by atoms with E-state index in [-0.39, 0.29) is 25.7 Å². The summed E-state index contributed by atoms with van der Waals surface area (Å²) in [6.45, 7) is 9.44. The molecule has 0 saturated heterocycles. The number of aliphatic hydroxyl groups excluding tert-OH is 1. The molecule has 90 heavy (non-hydrogen) atoms. The van der Waals surface area contributed by atoms with Crippen LogP contribution in [0.2, 0.25) is 0 Å². The first-order chi connectivity index (χ1) is 43.4. The molecule has 0 heterocycles. The second-order valence-corrected chi connectivity index (χ2v) is 29.5. The number of carbonyl (C=O) groups excluding carboxylic acids is 4. The first-order valence-electron chi connectivity index (χ1n) is 37.0. The summed E-state index contributed by atoms with van der Waals surface area (Å²) < 4.78 is 68.3. The molecule has 0 rings (SSSR count). The summed E-state index contributed by atoms with van der Waals surface area (Å²) in [5.41, 5.74) is 0. The Bertz CT molecular complexity index is 1750. The molecule has 0 aliphatic heterocycles. The number of hydrogen-bond donors (Lipinski definition) is 3. The largest absolute Gasteiger partial charge is 0.472 e. The van der Waals surface area contributed by atoms with Crippen LogP contribution in [0, 0.1) is 11.8 Å². The van der Waals surface area contributed by atoms with E-state index in [0.717, 1.165) is 102 Å². The quantitative estimate of drug-likeness (QED) is 0.0222. The molecule has 3 N–H and O–H groups in total. The number of aliphatic hydroxyl groups is 1. The maximum absolute atomic E-state index is 13.0. The lowest BCUT2D eigenvalue weighted by molar-refractivity contribution is -0.161. The van der Waals surface area contributed by atoms with Crippen molar-refractivity contribution in [2.45, 2.75) is 381 Å². The topological polar surface area (TPSA) is 237 Å². The average molecular weight is 1330 g/mol. The Labute approximate surface area is 549 Å². The lowest BCUT2D eigenvalue weighted by Crippen LogP contribution is -2.30. The third kappa shape index (κ3) is 64.8. The lowest BCUT2D eigenvalue weighted by atomic mass is 10.0. The number of ether oxygens (including phenoxy) is 4. The van der Waals surface area contributed by atoms with Crippen LogP contribution >= 0.6 is 15.6 Å². The summed E-state index contributed by atoms with van der Waals surface area (Å²) in [6, 6.07) is 0. The first-order valence-corrected chi connectivity index (χ1v) is 40.0. The number of phosphoric ester groups is 2. The standard InChI is InChI=1S/C71H138O17P2/c1-7-9-11-13-15-17-19-21-23-24-26-28-30-35-43-49-55-70(75)87-66(59-81-68(73)53-47-41-34-29-27-25-22-20-18-16-14-12-10-8-2)61-85-89(77,78)83-57-65(72)58-84-90(79,80)86-62-67(60-82-69(74)54-48-42-38-37-40-46-52-64(5)6)88-71(76)56-50-44-36-32-31-33-39-45-51-63(3)4/h63-67,72H,7-62H2,1-6H3,(H,77,78)(H,79,80)/t65-,66-,67-/m1/s1. The van der Waals surface area contributed by atoms with Crippen molar-refractivity contribution < 1.29 is 80.2 Å². The average Bonchev–Trinajstić information content (AvgIpc) is 3.51. The van der Waals surface area contributed by atoms with Crippen molar-refractivity contribution in [2.75, 3.05) is 39.6 Å². The molecule has 534 valence electrons. The van der Waals surface area contributed by atoms with Gasteiger partial charge in [0.25, 0.3) is 0 Å². The van der Waals surface area contributed by atoms with E-state index in [1.807, 2.05) is 0 Å². The van der Waals surface area contributed by atoms with Crippen LogP contribution in [-0.4, -0.2) is 96.7 Å². The van der Waals surface area contributed by atoms with E-state index >= 15 is 0 Å². The predicted molar refractivity (Wildman–Crippen MR) is 363 cm³/mol. The van der Waals surface area contributed by atoms with Gasteiger partial charge in [0.1, 0.15) is 19.3 Å². The van der Waals surface area contributed by atoms with Crippen LogP contribution in [0.15, 0.2) is 0 Å². The molecule has 0 aromatic heterocycles. The highest BCUT2D eigenvalue weighted by Crippen LogP contribution is 2.45. The number of unbranched alkanes of at least 4 members (excludes halogenated alkanes) is 40. The Morgan fingerprint density at radius 2 is 0.511 bits per heavy atom. The zero-order valence-electron chi connectivity index (χ0n) is 58.4. The van der Waals surface area contributed by atoms with Crippen LogP contribution in [0.3, 0.4) is 0 Å². The molecule has 17 nitrogen and oxygen atoms in total. The second kappa shape index (κ2) is 63.1. The van der Waals surface area contributed by atoms with Crippen molar-refractivity contribution in [1.29, 1.82) is 0 Å². The van der Waals surface area contributed by atoms with Gasteiger partial charge in [0.05, 0.1) is 26.4 Å². The van der Waals surface area contributed by atoms with Crippen LogP contribution in [0.1, 0.15) is 363 Å². The van der Waals surface area contributed by atoms with Gasteiger partial charge in [0.15, 0.2) is 12.2 Å². The molecule has 0 aliphatic carbocycles. The number of hydrogen-bond acceptors (Lipinski definition) is 15. The molecule has 0 aliphatic rings. The fourth-order valence-corrected chi connectivity index (χ4v) is 12.3. The molecule has 0 spiro atoms. The van der Waals surface area contributed by atoms with E-state index in [0.29, 0.717) is 31.6 Å². The van der Waals surface area contributed by atoms with Crippen LogP contribution in [0.4, 0.5) is 0 Å². The van der Waals surface area contributed by atoms with Crippen molar-refractivity contribution in [3.05, 3.63) is 0 Å². The molecule has 0 fully saturated rings. The van der Waals surface area contributed by atoms with Crippen LogP contribution in [-0.2, 0) is 65.4 Å². The van der Waals surface area contributed by atoms with Gasteiger partial charge in [-0.1, -0.05) is 311 Å². The Balaban J connectivity index is 5.23. The van der Waals surface area contributed by atoms with Crippen LogP contribution in [0.25, 0.3) is 0 Å². The minimum Gasteiger partial charge on any atom is -0.462 e. The van der Waals surface area contributed by atoms with E-state index in [4.69, 9.17) is 37.0 Å².